The lowest BCUT2D eigenvalue weighted by atomic mass is 10.1. The number of benzene rings is 1. The second-order valence-corrected chi connectivity index (χ2v) is 4.67. The van der Waals surface area contributed by atoms with Crippen LogP contribution in [0.25, 0.3) is 0 Å². The van der Waals surface area contributed by atoms with Crippen molar-refractivity contribution in [2.75, 3.05) is 6.54 Å². The summed E-state index contributed by atoms with van der Waals surface area (Å²) in [5.41, 5.74) is 2.41. The fourth-order valence-corrected chi connectivity index (χ4v) is 1.86. The van der Waals surface area contributed by atoms with Crippen molar-refractivity contribution in [3.63, 3.8) is 0 Å². The predicted octanol–water partition coefficient (Wildman–Crippen LogP) is 2.27. The molecule has 0 bridgehead atoms. The number of carbonyl (C=O) groups is 2. The first-order valence-corrected chi connectivity index (χ1v) is 5.98. The average Bonchev–Trinajstić information content (AvgIpc) is 2.22. The molecule has 17 heavy (non-hydrogen) atoms. The first kappa shape index (κ1) is 13.7. The van der Waals surface area contributed by atoms with Gasteiger partial charge in [-0.2, -0.15) is 0 Å². The maximum Gasteiger partial charge on any atom is 0.305 e. The maximum absolute atomic E-state index is 11.8. The van der Waals surface area contributed by atoms with Crippen LogP contribution in [-0.4, -0.2) is 23.5 Å². The minimum atomic E-state index is -0.922. The van der Waals surface area contributed by atoms with E-state index in [2.05, 4.69) is 21.2 Å². The highest BCUT2D eigenvalue weighted by Gasteiger charge is 2.10. The van der Waals surface area contributed by atoms with Gasteiger partial charge in [0.2, 0.25) is 0 Å². The number of hydrogen-bond donors (Lipinski definition) is 2. The van der Waals surface area contributed by atoms with Gasteiger partial charge in [0.25, 0.3) is 5.91 Å². The van der Waals surface area contributed by atoms with E-state index in [1.54, 1.807) is 6.07 Å². The van der Waals surface area contributed by atoms with Crippen molar-refractivity contribution in [3.8, 4) is 0 Å². The predicted molar refractivity (Wildman–Crippen MR) is 68.2 cm³/mol. The SMILES string of the molecule is Cc1cc(C(=O)NCCC(=O)O)c(C)cc1Br. The van der Waals surface area contributed by atoms with Crippen LogP contribution in [0.4, 0.5) is 0 Å². The van der Waals surface area contributed by atoms with Gasteiger partial charge in [-0.3, -0.25) is 9.59 Å². The van der Waals surface area contributed by atoms with Crippen molar-refractivity contribution in [2.24, 2.45) is 0 Å². The molecule has 0 atom stereocenters. The van der Waals surface area contributed by atoms with Gasteiger partial charge < -0.3 is 10.4 Å². The number of halogens is 1. The summed E-state index contributed by atoms with van der Waals surface area (Å²) in [5.74, 6) is -1.16. The van der Waals surface area contributed by atoms with Crippen LogP contribution in [0, 0.1) is 13.8 Å². The molecule has 2 N–H and O–H groups in total. The first-order valence-electron chi connectivity index (χ1n) is 5.18. The van der Waals surface area contributed by atoms with E-state index in [0.717, 1.165) is 15.6 Å². The van der Waals surface area contributed by atoms with Gasteiger partial charge in [0.15, 0.2) is 0 Å². The minimum absolute atomic E-state index is 0.0691. The van der Waals surface area contributed by atoms with Gasteiger partial charge in [0.1, 0.15) is 0 Å². The summed E-state index contributed by atoms with van der Waals surface area (Å²) in [6.07, 6.45) is -0.0691. The second kappa shape index (κ2) is 5.82. The number of carboxylic acids is 1. The van der Waals surface area contributed by atoms with E-state index in [-0.39, 0.29) is 18.9 Å². The topological polar surface area (TPSA) is 66.4 Å². The molecule has 0 unspecified atom stereocenters. The van der Waals surface area contributed by atoms with E-state index in [1.165, 1.54) is 0 Å². The van der Waals surface area contributed by atoms with Crippen LogP contribution >= 0.6 is 15.9 Å². The Morgan fingerprint density at radius 3 is 2.53 bits per heavy atom. The van der Waals surface area contributed by atoms with E-state index in [1.807, 2.05) is 19.9 Å². The summed E-state index contributed by atoms with van der Waals surface area (Å²) in [7, 11) is 0. The Hall–Kier alpha value is -1.36. The van der Waals surface area contributed by atoms with Gasteiger partial charge >= 0.3 is 5.97 Å². The smallest absolute Gasteiger partial charge is 0.305 e. The molecule has 0 spiro atoms. The molecule has 0 aromatic heterocycles. The number of hydrogen-bond acceptors (Lipinski definition) is 2. The van der Waals surface area contributed by atoms with Gasteiger partial charge in [0, 0.05) is 16.6 Å². The van der Waals surface area contributed by atoms with E-state index < -0.39 is 5.97 Å². The van der Waals surface area contributed by atoms with Crippen molar-refractivity contribution >= 4 is 27.8 Å². The van der Waals surface area contributed by atoms with Crippen LogP contribution in [-0.2, 0) is 4.79 Å². The molecule has 1 aromatic rings. The summed E-state index contributed by atoms with van der Waals surface area (Å²) >= 11 is 3.39. The van der Waals surface area contributed by atoms with Crippen LogP contribution in [0.1, 0.15) is 27.9 Å². The molecule has 0 saturated carbocycles. The largest absolute Gasteiger partial charge is 0.481 e. The van der Waals surface area contributed by atoms with E-state index >= 15 is 0 Å². The van der Waals surface area contributed by atoms with Crippen LogP contribution in [0.15, 0.2) is 16.6 Å². The fourth-order valence-electron chi connectivity index (χ4n) is 1.40. The first-order chi connectivity index (χ1) is 7.91. The molecule has 0 heterocycles. The summed E-state index contributed by atoms with van der Waals surface area (Å²) in [4.78, 5) is 22.1. The lowest BCUT2D eigenvalue weighted by Crippen LogP contribution is -2.26. The molecule has 0 aliphatic heterocycles. The Bertz CT molecular complexity index is 457. The molecule has 92 valence electrons. The summed E-state index contributed by atoms with van der Waals surface area (Å²) in [6, 6.07) is 3.66. The van der Waals surface area contributed by atoms with Crippen molar-refractivity contribution < 1.29 is 14.7 Å². The number of amides is 1. The Morgan fingerprint density at radius 2 is 1.94 bits per heavy atom. The van der Waals surface area contributed by atoms with Crippen LogP contribution in [0.2, 0.25) is 0 Å². The van der Waals surface area contributed by atoms with Crippen molar-refractivity contribution in [1.82, 2.24) is 5.32 Å². The third-order valence-corrected chi connectivity index (χ3v) is 3.23. The summed E-state index contributed by atoms with van der Waals surface area (Å²) in [6.45, 7) is 3.89. The zero-order valence-corrected chi connectivity index (χ0v) is 11.3. The highest BCUT2D eigenvalue weighted by molar-refractivity contribution is 9.10. The van der Waals surface area contributed by atoms with Gasteiger partial charge in [-0.25, -0.2) is 0 Å². The highest BCUT2D eigenvalue weighted by atomic mass is 79.9. The molecule has 0 fully saturated rings. The number of aryl methyl sites for hydroxylation is 2. The van der Waals surface area contributed by atoms with Crippen LogP contribution in [0.3, 0.4) is 0 Å². The maximum atomic E-state index is 11.8. The molecule has 4 nitrogen and oxygen atoms in total. The molecule has 5 heteroatoms. The summed E-state index contributed by atoms with van der Waals surface area (Å²) in [5, 5.41) is 11.1. The number of carbonyl (C=O) groups excluding carboxylic acids is 1. The van der Waals surface area contributed by atoms with E-state index in [9.17, 15) is 9.59 Å². The zero-order valence-electron chi connectivity index (χ0n) is 9.71. The number of aliphatic carboxylic acids is 1. The molecular formula is C12H14BrNO3. The number of rotatable bonds is 4. The molecular weight excluding hydrogens is 286 g/mol. The molecule has 0 aliphatic rings. The summed E-state index contributed by atoms with van der Waals surface area (Å²) < 4.78 is 0.956. The van der Waals surface area contributed by atoms with Gasteiger partial charge in [-0.15, -0.1) is 0 Å². The van der Waals surface area contributed by atoms with E-state index in [4.69, 9.17) is 5.11 Å². The quantitative estimate of drug-likeness (QED) is 0.896. The Balaban J connectivity index is 2.75. The van der Waals surface area contributed by atoms with Crippen molar-refractivity contribution in [2.45, 2.75) is 20.3 Å². The van der Waals surface area contributed by atoms with Crippen LogP contribution in [0.5, 0.6) is 0 Å². The Morgan fingerprint density at radius 1 is 1.29 bits per heavy atom. The lowest BCUT2D eigenvalue weighted by Gasteiger charge is -2.09. The normalized spacial score (nSPS) is 10.1. The number of nitrogens with one attached hydrogen (secondary N) is 1. The monoisotopic (exact) mass is 299 g/mol. The molecule has 0 saturated heterocycles. The highest BCUT2D eigenvalue weighted by Crippen LogP contribution is 2.20. The van der Waals surface area contributed by atoms with Crippen LogP contribution < -0.4 is 5.32 Å². The number of carboxylic acid groups (broad SMARTS) is 1. The Labute approximate surface area is 108 Å². The zero-order chi connectivity index (χ0) is 13.0. The Kier molecular flexibility index (Phi) is 4.69. The molecule has 0 radical (unpaired) electrons. The van der Waals surface area contributed by atoms with Gasteiger partial charge in [0.05, 0.1) is 6.42 Å². The van der Waals surface area contributed by atoms with Gasteiger partial charge in [-0.1, -0.05) is 15.9 Å². The second-order valence-electron chi connectivity index (χ2n) is 3.82. The molecule has 0 aliphatic carbocycles. The van der Waals surface area contributed by atoms with Gasteiger partial charge in [-0.05, 0) is 37.1 Å². The van der Waals surface area contributed by atoms with Crippen molar-refractivity contribution in [1.29, 1.82) is 0 Å². The van der Waals surface area contributed by atoms with E-state index in [0.29, 0.717) is 5.56 Å². The van der Waals surface area contributed by atoms with Crippen molar-refractivity contribution in [3.05, 3.63) is 33.3 Å². The lowest BCUT2D eigenvalue weighted by molar-refractivity contribution is -0.136. The fraction of sp³-hybridized carbons (Fsp3) is 0.333. The molecule has 1 aromatic carbocycles. The minimum Gasteiger partial charge on any atom is -0.481 e. The average molecular weight is 300 g/mol. The standard InChI is InChI=1S/C12H14BrNO3/c1-7-6-10(13)8(2)5-9(7)12(17)14-4-3-11(15)16/h5-6H,3-4H2,1-2H3,(H,14,17)(H,15,16). The molecule has 1 rings (SSSR count). The third kappa shape index (κ3) is 3.85. The third-order valence-electron chi connectivity index (χ3n) is 2.37. The molecule has 1 amide bonds.